The third-order valence-corrected chi connectivity index (χ3v) is 5.12. The van der Waals surface area contributed by atoms with Crippen molar-refractivity contribution in [3.63, 3.8) is 0 Å². The number of anilines is 1. The lowest BCUT2D eigenvalue weighted by molar-refractivity contribution is -0.135. The van der Waals surface area contributed by atoms with Gasteiger partial charge < -0.3 is 9.84 Å². The first-order valence-electron chi connectivity index (χ1n) is 6.90. The van der Waals surface area contributed by atoms with E-state index >= 15 is 0 Å². The fourth-order valence-electron chi connectivity index (χ4n) is 2.18. The second kappa shape index (κ2) is 6.88. The van der Waals surface area contributed by atoms with Gasteiger partial charge in [-0.25, -0.2) is 12.8 Å². The van der Waals surface area contributed by atoms with Crippen LogP contribution in [0.5, 0.6) is 5.75 Å². The molecule has 0 aliphatic rings. The number of sulfonamides is 1. The highest BCUT2D eigenvalue weighted by atomic mass is 32.2. The highest BCUT2D eigenvalue weighted by molar-refractivity contribution is 7.92. The summed E-state index contributed by atoms with van der Waals surface area (Å²) in [4.78, 5) is 11.0. The van der Waals surface area contributed by atoms with Crippen LogP contribution < -0.4 is 9.04 Å². The predicted molar refractivity (Wildman–Crippen MR) is 86.3 cm³/mol. The number of rotatable bonds is 6. The molecule has 8 heteroatoms. The lowest BCUT2D eigenvalue weighted by atomic mass is 10.2. The lowest BCUT2D eigenvalue weighted by Crippen LogP contribution is -2.35. The summed E-state index contributed by atoms with van der Waals surface area (Å²) >= 11 is 0. The molecule has 0 saturated carbocycles. The first-order chi connectivity index (χ1) is 11.3. The third-order valence-electron chi connectivity index (χ3n) is 3.35. The molecule has 0 aromatic heterocycles. The summed E-state index contributed by atoms with van der Waals surface area (Å²) in [6.45, 7) is 0.899. The molecule has 1 N–H and O–H groups in total. The van der Waals surface area contributed by atoms with Gasteiger partial charge in [0.25, 0.3) is 10.0 Å². The fraction of sp³-hybridized carbons (Fsp3) is 0.188. The number of nitrogens with zero attached hydrogens (tertiary/aromatic N) is 1. The number of hydrogen-bond donors (Lipinski definition) is 1. The molecular formula is C16H16FNO5S. The van der Waals surface area contributed by atoms with Gasteiger partial charge in [-0.05, 0) is 55.0 Å². The van der Waals surface area contributed by atoms with E-state index in [9.17, 15) is 17.6 Å². The van der Waals surface area contributed by atoms with Gasteiger partial charge in [-0.15, -0.1) is 0 Å². The first kappa shape index (κ1) is 17.7. The van der Waals surface area contributed by atoms with Crippen molar-refractivity contribution in [1.82, 2.24) is 0 Å². The van der Waals surface area contributed by atoms with Crippen LogP contribution in [0.3, 0.4) is 0 Å². The summed E-state index contributed by atoms with van der Waals surface area (Å²) in [5, 5.41) is 9.05. The van der Waals surface area contributed by atoms with E-state index in [1.807, 2.05) is 0 Å². The van der Waals surface area contributed by atoms with Gasteiger partial charge in [0.05, 0.1) is 17.7 Å². The Morgan fingerprint density at radius 2 is 1.83 bits per heavy atom. The molecule has 0 fully saturated rings. The average molecular weight is 353 g/mol. The number of benzene rings is 2. The van der Waals surface area contributed by atoms with Gasteiger partial charge in [0.1, 0.15) is 18.1 Å². The Labute approximate surface area is 139 Å². The van der Waals surface area contributed by atoms with E-state index < -0.39 is 28.4 Å². The van der Waals surface area contributed by atoms with Crippen LogP contribution in [0.25, 0.3) is 0 Å². The van der Waals surface area contributed by atoms with Crippen LogP contribution in [0.2, 0.25) is 0 Å². The minimum atomic E-state index is -4.14. The van der Waals surface area contributed by atoms with Gasteiger partial charge in [0.2, 0.25) is 0 Å². The standard InChI is InChI=1S/C16H16FNO5S/c1-11-9-14(7-8-15(11)23-2)24(21,22)18(10-16(19)20)13-5-3-12(17)4-6-13/h3-9H,10H2,1-2H3,(H,19,20). The second-order valence-corrected chi connectivity index (χ2v) is 6.88. The molecule has 128 valence electrons. The Kier molecular flexibility index (Phi) is 5.08. The smallest absolute Gasteiger partial charge is 0.324 e. The molecule has 0 aliphatic heterocycles. The van der Waals surface area contributed by atoms with Crippen LogP contribution in [0.4, 0.5) is 10.1 Å². The molecule has 0 bridgehead atoms. The zero-order valence-electron chi connectivity index (χ0n) is 13.1. The Balaban J connectivity index is 2.53. The first-order valence-corrected chi connectivity index (χ1v) is 8.34. The van der Waals surface area contributed by atoms with Gasteiger partial charge in [-0.2, -0.15) is 0 Å². The Hall–Kier alpha value is -2.61. The highest BCUT2D eigenvalue weighted by Gasteiger charge is 2.27. The van der Waals surface area contributed by atoms with Crippen molar-refractivity contribution in [3.05, 3.63) is 53.8 Å². The van der Waals surface area contributed by atoms with E-state index in [4.69, 9.17) is 9.84 Å². The topological polar surface area (TPSA) is 83.9 Å². The van der Waals surface area contributed by atoms with E-state index in [2.05, 4.69) is 0 Å². The Morgan fingerprint density at radius 1 is 1.21 bits per heavy atom. The van der Waals surface area contributed by atoms with E-state index in [0.717, 1.165) is 16.4 Å². The molecular weight excluding hydrogens is 337 g/mol. The molecule has 2 aromatic rings. The number of aliphatic carboxylic acids is 1. The maximum absolute atomic E-state index is 13.1. The highest BCUT2D eigenvalue weighted by Crippen LogP contribution is 2.27. The summed E-state index contributed by atoms with van der Waals surface area (Å²) in [5.74, 6) is -1.36. The number of ether oxygens (including phenoxy) is 1. The number of carboxylic acid groups (broad SMARTS) is 1. The van der Waals surface area contributed by atoms with Crippen molar-refractivity contribution in [1.29, 1.82) is 0 Å². The molecule has 0 amide bonds. The van der Waals surface area contributed by atoms with Gasteiger partial charge in [0.15, 0.2) is 0 Å². The maximum atomic E-state index is 13.1. The van der Waals surface area contributed by atoms with Crippen LogP contribution in [0.15, 0.2) is 47.4 Å². The van der Waals surface area contributed by atoms with E-state index in [1.165, 1.54) is 37.4 Å². The number of halogens is 1. The minimum Gasteiger partial charge on any atom is -0.496 e. The quantitative estimate of drug-likeness (QED) is 0.862. The zero-order chi connectivity index (χ0) is 17.9. The summed E-state index contributed by atoms with van der Waals surface area (Å²) < 4.78 is 44.5. The average Bonchev–Trinajstić information content (AvgIpc) is 2.53. The fourth-order valence-corrected chi connectivity index (χ4v) is 3.68. The van der Waals surface area contributed by atoms with Gasteiger partial charge >= 0.3 is 5.97 Å². The van der Waals surface area contributed by atoms with E-state index in [-0.39, 0.29) is 10.6 Å². The Bertz CT molecular complexity index is 849. The molecule has 0 unspecified atom stereocenters. The third kappa shape index (κ3) is 3.65. The second-order valence-electron chi connectivity index (χ2n) is 5.01. The monoisotopic (exact) mass is 353 g/mol. The number of aryl methyl sites for hydroxylation is 1. The predicted octanol–water partition coefficient (Wildman–Crippen LogP) is 2.42. The zero-order valence-corrected chi connectivity index (χ0v) is 13.9. The SMILES string of the molecule is COc1ccc(S(=O)(=O)N(CC(=O)O)c2ccc(F)cc2)cc1C. The Morgan fingerprint density at radius 3 is 2.33 bits per heavy atom. The molecule has 24 heavy (non-hydrogen) atoms. The van der Waals surface area contributed by atoms with Gasteiger partial charge in [-0.3, -0.25) is 9.10 Å². The van der Waals surface area contributed by atoms with Crippen LogP contribution in [-0.4, -0.2) is 33.1 Å². The molecule has 0 saturated heterocycles. The van der Waals surface area contributed by atoms with Crippen molar-refractivity contribution in [3.8, 4) is 5.75 Å². The number of carbonyl (C=O) groups is 1. The van der Waals surface area contributed by atoms with E-state index in [0.29, 0.717) is 11.3 Å². The minimum absolute atomic E-state index is 0.0623. The molecule has 0 spiro atoms. The largest absolute Gasteiger partial charge is 0.496 e. The van der Waals surface area contributed by atoms with Crippen molar-refractivity contribution < 1.29 is 27.4 Å². The van der Waals surface area contributed by atoms with Crippen molar-refractivity contribution in [2.45, 2.75) is 11.8 Å². The van der Waals surface area contributed by atoms with Crippen molar-refractivity contribution in [2.24, 2.45) is 0 Å². The molecule has 0 heterocycles. The van der Waals surface area contributed by atoms with Crippen molar-refractivity contribution >= 4 is 21.7 Å². The molecule has 2 rings (SSSR count). The lowest BCUT2D eigenvalue weighted by Gasteiger charge is -2.23. The maximum Gasteiger partial charge on any atom is 0.324 e. The van der Waals surface area contributed by atoms with Crippen LogP contribution in [-0.2, 0) is 14.8 Å². The van der Waals surface area contributed by atoms with Crippen LogP contribution in [0.1, 0.15) is 5.56 Å². The van der Waals surface area contributed by atoms with Gasteiger partial charge in [-0.1, -0.05) is 0 Å². The number of methoxy groups -OCH3 is 1. The van der Waals surface area contributed by atoms with Crippen LogP contribution in [0, 0.1) is 12.7 Å². The molecule has 0 radical (unpaired) electrons. The number of hydrogen-bond acceptors (Lipinski definition) is 4. The molecule has 6 nitrogen and oxygen atoms in total. The van der Waals surface area contributed by atoms with E-state index in [1.54, 1.807) is 6.92 Å². The molecule has 2 aromatic carbocycles. The molecule has 0 aliphatic carbocycles. The van der Waals surface area contributed by atoms with Crippen molar-refractivity contribution in [2.75, 3.05) is 18.0 Å². The summed E-state index contributed by atoms with van der Waals surface area (Å²) in [7, 11) is -2.67. The molecule has 0 atom stereocenters. The van der Waals surface area contributed by atoms with Gasteiger partial charge in [0, 0.05) is 0 Å². The summed E-state index contributed by atoms with van der Waals surface area (Å²) in [5.41, 5.74) is 0.653. The summed E-state index contributed by atoms with van der Waals surface area (Å²) in [6, 6.07) is 8.79. The summed E-state index contributed by atoms with van der Waals surface area (Å²) in [6.07, 6.45) is 0. The van der Waals surface area contributed by atoms with Crippen LogP contribution >= 0.6 is 0 Å². The number of carboxylic acids is 1. The normalized spacial score (nSPS) is 11.1.